The van der Waals surface area contributed by atoms with Gasteiger partial charge in [0.2, 0.25) is 5.91 Å². The van der Waals surface area contributed by atoms with Gasteiger partial charge in [-0.05, 0) is 35.2 Å². The summed E-state index contributed by atoms with van der Waals surface area (Å²) in [7, 11) is 0. The number of hydrogen-bond donors (Lipinski definition) is 1. The number of carbonyl (C=O) groups is 1. The number of fused-ring (bicyclic) bond motifs is 1. The highest BCUT2D eigenvalue weighted by atomic mass is 32.1. The van der Waals surface area contributed by atoms with Gasteiger partial charge in [0.15, 0.2) is 0 Å². The van der Waals surface area contributed by atoms with E-state index in [1.807, 2.05) is 60.8 Å². The summed E-state index contributed by atoms with van der Waals surface area (Å²) in [5, 5.41) is 8.22. The Morgan fingerprint density at radius 1 is 1.21 bits per heavy atom. The van der Waals surface area contributed by atoms with E-state index in [-0.39, 0.29) is 5.91 Å². The third kappa shape index (κ3) is 3.81. The summed E-state index contributed by atoms with van der Waals surface area (Å²) >= 11 is 1.56. The quantitative estimate of drug-likeness (QED) is 0.546. The third-order valence-electron chi connectivity index (χ3n) is 3.53. The number of thiophene rings is 1. The predicted octanol–water partition coefficient (Wildman–Crippen LogP) is 3.99. The van der Waals surface area contributed by atoms with Gasteiger partial charge < -0.3 is 4.74 Å². The molecule has 1 aromatic heterocycles. The smallest absolute Gasteiger partial charge is 0.245 e. The van der Waals surface area contributed by atoms with E-state index in [9.17, 15) is 4.79 Å². The van der Waals surface area contributed by atoms with Crippen molar-refractivity contribution in [2.24, 2.45) is 5.10 Å². The fourth-order valence-corrected chi connectivity index (χ4v) is 3.17. The zero-order chi connectivity index (χ0) is 16.8. The first-order chi connectivity index (χ1) is 11.8. The standard InChI is InChI=1S/C19H18N2O2S/c1-2-23-18-10-9-14-6-3-4-8-16(14)17(18)13-20-21-19(22)12-15-7-5-11-24-15/h3-11,13H,2,12H2,1H3,(H,21,22)/b20-13-. The first-order valence-corrected chi connectivity index (χ1v) is 8.64. The van der Waals surface area contributed by atoms with Crippen molar-refractivity contribution in [3.05, 3.63) is 64.4 Å². The molecule has 1 heterocycles. The van der Waals surface area contributed by atoms with Crippen LogP contribution >= 0.6 is 11.3 Å². The molecule has 0 fully saturated rings. The number of nitrogens with one attached hydrogen (secondary N) is 1. The number of rotatable bonds is 6. The molecule has 2 aromatic carbocycles. The number of hydrogen-bond acceptors (Lipinski definition) is 4. The number of ether oxygens (including phenoxy) is 1. The van der Waals surface area contributed by atoms with Crippen LogP contribution in [0.4, 0.5) is 0 Å². The fraction of sp³-hybridized carbons (Fsp3) is 0.158. The van der Waals surface area contributed by atoms with Crippen LogP contribution in [-0.4, -0.2) is 18.7 Å². The maximum Gasteiger partial charge on any atom is 0.245 e. The van der Waals surface area contributed by atoms with Crippen LogP contribution < -0.4 is 10.2 Å². The van der Waals surface area contributed by atoms with Crippen LogP contribution in [0.3, 0.4) is 0 Å². The number of nitrogens with zero attached hydrogens (tertiary/aromatic N) is 1. The lowest BCUT2D eigenvalue weighted by atomic mass is 10.0. The van der Waals surface area contributed by atoms with Crippen LogP contribution in [0.5, 0.6) is 5.75 Å². The van der Waals surface area contributed by atoms with Crippen LogP contribution in [0.25, 0.3) is 10.8 Å². The van der Waals surface area contributed by atoms with Crippen molar-refractivity contribution in [2.75, 3.05) is 6.61 Å². The van der Waals surface area contributed by atoms with Crippen LogP contribution in [0.2, 0.25) is 0 Å². The number of carbonyl (C=O) groups excluding carboxylic acids is 1. The topological polar surface area (TPSA) is 50.7 Å². The Morgan fingerprint density at radius 3 is 2.88 bits per heavy atom. The molecule has 0 unspecified atom stereocenters. The van der Waals surface area contributed by atoms with Crippen LogP contribution in [0.15, 0.2) is 59.0 Å². The molecule has 0 atom stereocenters. The minimum Gasteiger partial charge on any atom is -0.493 e. The van der Waals surface area contributed by atoms with Gasteiger partial charge in [-0.1, -0.05) is 36.4 Å². The second-order valence-electron chi connectivity index (χ2n) is 5.18. The Balaban J connectivity index is 1.80. The van der Waals surface area contributed by atoms with E-state index >= 15 is 0 Å². The normalized spacial score (nSPS) is 11.0. The molecule has 3 aromatic rings. The lowest BCUT2D eigenvalue weighted by molar-refractivity contribution is -0.120. The van der Waals surface area contributed by atoms with Crippen LogP contribution in [-0.2, 0) is 11.2 Å². The van der Waals surface area contributed by atoms with Crippen molar-refractivity contribution in [2.45, 2.75) is 13.3 Å². The molecule has 3 rings (SSSR count). The Bertz CT molecular complexity index is 857. The van der Waals surface area contributed by atoms with Crippen molar-refractivity contribution in [3.8, 4) is 5.75 Å². The molecule has 0 spiro atoms. The summed E-state index contributed by atoms with van der Waals surface area (Å²) in [6.07, 6.45) is 1.99. The molecule has 4 nitrogen and oxygen atoms in total. The maximum atomic E-state index is 11.9. The van der Waals surface area contributed by atoms with E-state index in [2.05, 4.69) is 10.5 Å². The maximum absolute atomic E-state index is 11.9. The summed E-state index contributed by atoms with van der Waals surface area (Å²) < 4.78 is 5.69. The van der Waals surface area contributed by atoms with Gasteiger partial charge in [-0.2, -0.15) is 5.10 Å². The monoisotopic (exact) mass is 338 g/mol. The van der Waals surface area contributed by atoms with Gasteiger partial charge in [-0.25, -0.2) is 5.43 Å². The first-order valence-electron chi connectivity index (χ1n) is 7.76. The van der Waals surface area contributed by atoms with Crippen molar-refractivity contribution in [1.29, 1.82) is 0 Å². The van der Waals surface area contributed by atoms with E-state index < -0.39 is 0 Å². The molecular formula is C19H18N2O2S. The molecule has 1 N–H and O–H groups in total. The Morgan fingerprint density at radius 2 is 2.08 bits per heavy atom. The van der Waals surface area contributed by atoms with E-state index in [0.29, 0.717) is 13.0 Å². The van der Waals surface area contributed by atoms with E-state index in [1.54, 1.807) is 17.6 Å². The highest BCUT2D eigenvalue weighted by molar-refractivity contribution is 7.10. The molecule has 0 aliphatic heterocycles. The molecule has 122 valence electrons. The van der Waals surface area contributed by atoms with E-state index in [4.69, 9.17) is 4.74 Å². The summed E-state index contributed by atoms with van der Waals surface area (Å²) in [5.74, 6) is 0.624. The minimum atomic E-state index is -0.133. The molecular weight excluding hydrogens is 320 g/mol. The fourth-order valence-electron chi connectivity index (χ4n) is 2.47. The van der Waals surface area contributed by atoms with Crippen molar-refractivity contribution in [3.63, 3.8) is 0 Å². The lowest BCUT2D eigenvalue weighted by Crippen LogP contribution is -2.19. The molecule has 1 amide bonds. The summed E-state index contributed by atoms with van der Waals surface area (Å²) in [6, 6.07) is 15.8. The van der Waals surface area contributed by atoms with Crippen LogP contribution in [0.1, 0.15) is 17.4 Å². The molecule has 0 saturated heterocycles. The summed E-state index contributed by atoms with van der Waals surface area (Å²) in [6.45, 7) is 2.52. The van der Waals surface area contributed by atoms with Crippen molar-refractivity contribution in [1.82, 2.24) is 5.43 Å². The summed E-state index contributed by atoms with van der Waals surface area (Å²) in [5.41, 5.74) is 3.45. The molecule has 0 aliphatic carbocycles. The molecule has 5 heteroatoms. The molecule has 0 radical (unpaired) electrons. The largest absolute Gasteiger partial charge is 0.493 e. The van der Waals surface area contributed by atoms with Gasteiger partial charge in [-0.3, -0.25) is 4.79 Å². The second-order valence-corrected chi connectivity index (χ2v) is 6.21. The zero-order valence-electron chi connectivity index (χ0n) is 13.4. The highest BCUT2D eigenvalue weighted by Crippen LogP contribution is 2.26. The number of hydrazone groups is 1. The van der Waals surface area contributed by atoms with Gasteiger partial charge in [0.1, 0.15) is 5.75 Å². The van der Waals surface area contributed by atoms with Gasteiger partial charge >= 0.3 is 0 Å². The van der Waals surface area contributed by atoms with E-state index in [1.165, 1.54) is 0 Å². The third-order valence-corrected chi connectivity index (χ3v) is 4.40. The highest BCUT2D eigenvalue weighted by Gasteiger charge is 2.07. The SMILES string of the molecule is CCOc1ccc2ccccc2c1/C=N\NC(=O)Cc1cccs1. The molecule has 24 heavy (non-hydrogen) atoms. The van der Waals surface area contributed by atoms with Gasteiger partial charge in [0.25, 0.3) is 0 Å². The predicted molar refractivity (Wildman–Crippen MR) is 98.9 cm³/mol. The Kier molecular flexibility index (Phi) is 5.23. The van der Waals surface area contributed by atoms with Gasteiger partial charge in [0, 0.05) is 10.4 Å². The Hall–Kier alpha value is -2.66. The average molecular weight is 338 g/mol. The van der Waals surface area contributed by atoms with Crippen molar-refractivity contribution < 1.29 is 9.53 Å². The van der Waals surface area contributed by atoms with Gasteiger partial charge in [0.05, 0.1) is 19.2 Å². The molecule has 0 saturated carbocycles. The van der Waals surface area contributed by atoms with E-state index in [0.717, 1.165) is 27.0 Å². The lowest BCUT2D eigenvalue weighted by Gasteiger charge is -2.10. The zero-order valence-corrected chi connectivity index (χ0v) is 14.2. The van der Waals surface area contributed by atoms with Crippen LogP contribution in [0, 0.1) is 0 Å². The first kappa shape index (κ1) is 16.2. The average Bonchev–Trinajstić information content (AvgIpc) is 3.09. The van der Waals surface area contributed by atoms with Gasteiger partial charge in [-0.15, -0.1) is 11.3 Å². The molecule has 0 bridgehead atoms. The Labute approximate surface area is 144 Å². The number of benzene rings is 2. The minimum absolute atomic E-state index is 0.133. The molecule has 0 aliphatic rings. The number of amides is 1. The summed E-state index contributed by atoms with van der Waals surface area (Å²) in [4.78, 5) is 12.9. The second kappa shape index (κ2) is 7.75. The van der Waals surface area contributed by atoms with Crippen molar-refractivity contribution >= 4 is 34.2 Å².